The number of rotatable bonds is 13. The van der Waals surface area contributed by atoms with Gasteiger partial charge in [0.25, 0.3) is 0 Å². The topological polar surface area (TPSA) is 105 Å². The zero-order valence-corrected chi connectivity index (χ0v) is 21.9. The van der Waals surface area contributed by atoms with Crippen LogP contribution in [0.5, 0.6) is 5.75 Å². The van der Waals surface area contributed by atoms with Crippen molar-refractivity contribution in [3.05, 3.63) is 30.3 Å². The smallest absolute Gasteiger partial charge is 0.225 e. The van der Waals surface area contributed by atoms with E-state index in [0.717, 1.165) is 25.7 Å². The molecule has 2 aliphatic rings. The number of amides is 1. The highest BCUT2D eigenvalue weighted by Gasteiger charge is 2.45. The van der Waals surface area contributed by atoms with Gasteiger partial charge in [-0.3, -0.25) is 4.79 Å². The maximum Gasteiger partial charge on any atom is 0.225 e. The molecule has 1 aromatic rings. The second-order valence-corrected chi connectivity index (χ2v) is 10.7. The number of para-hydroxylation sites is 1. The van der Waals surface area contributed by atoms with Crippen molar-refractivity contribution in [2.45, 2.75) is 94.7 Å². The summed E-state index contributed by atoms with van der Waals surface area (Å²) in [4.78, 5) is 15.1. The molecule has 2 unspecified atom stereocenters. The van der Waals surface area contributed by atoms with Crippen molar-refractivity contribution in [1.29, 1.82) is 0 Å². The lowest BCUT2D eigenvalue weighted by Gasteiger charge is -2.44. The Morgan fingerprint density at radius 3 is 2.67 bits per heavy atom. The molecule has 1 amide bonds. The largest absolute Gasteiger partial charge is 0.487 e. The fraction of sp³-hybridized carbons (Fsp3) is 0.750. The van der Waals surface area contributed by atoms with Crippen LogP contribution in [-0.2, 0) is 9.53 Å². The summed E-state index contributed by atoms with van der Waals surface area (Å²) in [5, 5.41) is 22.1. The van der Waals surface area contributed by atoms with Gasteiger partial charge in [0, 0.05) is 51.1 Å². The van der Waals surface area contributed by atoms with Gasteiger partial charge >= 0.3 is 0 Å². The van der Waals surface area contributed by atoms with Gasteiger partial charge in [0.05, 0.1) is 11.7 Å². The lowest BCUT2D eigenvalue weighted by molar-refractivity contribution is -0.142. The van der Waals surface area contributed by atoms with Gasteiger partial charge in [-0.05, 0) is 63.5 Å². The number of alkyl halides is 1. The second-order valence-electron chi connectivity index (χ2n) is 10.7. The van der Waals surface area contributed by atoms with E-state index in [4.69, 9.17) is 15.2 Å². The summed E-state index contributed by atoms with van der Waals surface area (Å²) >= 11 is 0. The number of unbranched alkanes of at least 4 members (excludes halogenated alkanes) is 1. The van der Waals surface area contributed by atoms with Gasteiger partial charge in [-0.1, -0.05) is 25.1 Å². The van der Waals surface area contributed by atoms with Crippen molar-refractivity contribution < 1.29 is 28.9 Å². The highest BCUT2D eigenvalue weighted by Crippen LogP contribution is 2.38. The van der Waals surface area contributed by atoms with Crippen LogP contribution < -0.4 is 10.5 Å². The van der Waals surface area contributed by atoms with Gasteiger partial charge in [-0.15, -0.1) is 0 Å². The van der Waals surface area contributed by atoms with E-state index in [1.54, 1.807) is 26.2 Å². The van der Waals surface area contributed by atoms with Crippen LogP contribution in [0, 0.1) is 11.8 Å². The SMILES string of the molecule is CCC(F)C(C[C@](O)(CCCCOC)[C@@H]1CCCN(C(=O)[C@H]2C[C@@H](N)[C@@H](O)C2)C1)Oc1ccccc1. The minimum atomic E-state index is -1.22. The minimum absolute atomic E-state index is 0.00226. The number of hydrogen-bond acceptors (Lipinski definition) is 6. The highest BCUT2D eigenvalue weighted by atomic mass is 19.1. The number of ether oxygens (including phenoxy) is 2. The Hall–Kier alpha value is -1.74. The van der Waals surface area contributed by atoms with E-state index >= 15 is 4.39 Å². The third kappa shape index (κ3) is 7.63. The molecule has 1 aliphatic carbocycles. The van der Waals surface area contributed by atoms with Crippen LogP contribution in [0.1, 0.15) is 64.7 Å². The highest BCUT2D eigenvalue weighted by molar-refractivity contribution is 5.79. The molecule has 1 heterocycles. The molecule has 2 fully saturated rings. The molecule has 0 spiro atoms. The molecular formula is C28H45FN2O5. The molecule has 0 radical (unpaired) electrons. The first-order valence-electron chi connectivity index (χ1n) is 13.6. The van der Waals surface area contributed by atoms with Gasteiger partial charge in [0.1, 0.15) is 18.0 Å². The summed E-state index contributed by atoms with van der Waals surface area (Å²) < 4.78 is 26.4. The fourth-order valence-corrected chi connectivity index (χ4v) is 5.80. The van der Waals surface area contributed by atoms with Crippen molar-refractivity contribution >= 4 is 5.91 Å². The number of aliphatic hydroxyl groups is 2. The van der Waals surface area contributed by atoms with E-state index in [1.165, 1.54) is 0 Å². The number of piperidine rings is 1. The van der Waals surface area contributed by atoms with Crippen molar-refractivity contribution in [2.24, 2.45) is 17.6 Å². The van der Waals surface area contributed by atoms with Gasteiger partial charge in [0.15, 0.2) is 0 Å². The molecule has 4 N–H and O–H groups in total. The van der Waals surface area contributed by atoms with Gasteiger partial charge in [-0.25, -0.2) is 4.39 Å². The summed E-state index contributed by atoms with van der Waals surface area (Å²) in [5.41, 5.74) is 4.77. The van der Waals surface area contributed by atoms with Crippen molar-refractivity contribution in [3.63, 3.8) is 0 Å². The standard InChI is InChI=1S/C28H45FN2O5/c1-3-23(29)26(36-22-11-5-4-6-12-22)18-28(34,13-7-8-15-35-2)21-10-9-14-31(19-21)27(33)20-16-24(30)25(32)17-20/h4-6,11-12,20-21,23-26,32,34H,3,7-10,13-19,30H2,1-2H3/t20-,21+,23?,24+,25-,26?,28+/m0/s1. The molecule has 7 atom stereocenters. The zero-order chi connectivity index (χ0) is 26.1. The number of methoxy groups -OCH3 is 1. The number of nitrogens with two attached hydrogens (primary N) is 1. The van der Waals surface area contributed by atoms with Gasteiger partial charge in [-0.2, -0.15) is 0 Å². The average Bonchev–Trinajstić information content (AvgIpc) is 3.24. The Morgan fingerprint density at radius 1 is 1.28 bits per heavy atom. The van der Waals surface area contributed by atoms with E-state index in [2.05, 4.69) is 0 Å². The van der Waals surface area contributed by atoms with Gasteiger partial charge < -0.3 is 30.3 Å². The number of aliphatic hydroxyl groups excluding tert-OH is 1. The molecule has 204 valence electrons. The molecular weight excluding hydrogens is 463 g/mol. The maximum atomic E-state index is 15.1. The van der Waals surface area contributed by atoms with Crippen LogP contribution in [0.25, 0.3) is 0 Å². The predicted molar refractivity (Wildman–Crippen MR) is 137 cm³/mol. The van der Waals surface area contributed by atoms with E-state index in [0.29, 0.717) is 44.7 Å². The van der Waals surface area contributed by atoms with Crippen molar-refractivity contribution in [2.75, 3.05) is 26.8 Å². The predicted octanol–water partition coefficient (Wildman–Crippen LogP) is 3.46. The van der Waals surface area contributed by atoms with E-state index in [-0.39, 0.29) is 36.6 Å². The quantitative estimate of drug-likeness (QED) is 0.353. The third-order valence-corrected chi connectivity index (χ3v) is 8.01. The third-order valence-electron chi connectivity index (χ3n) is 8.01. The monoisotopic (exact) mass is 508 g/mol. The molecule has 1 aromatic carbocycles. The fourth-order valence-electron chi connectivity index (χ4n) is 5.80. The Morgan fingerprint density at radius 2 is 2.03 bits per heavy atom. The van der Waals surface area contributed by atoms with Crippen LogP contribution in [0.3, 0.4) is 0 Å². The first kappa shape index (κ1) is 28.8. The number of likely N-dealkylation sites (tertiary alicyclic amines) is 1. The lowest BCUT2D eigenvalue weighted by atomic mass is 9.74. The number of nitrogens with zero attached hydrogens (tertiary/aromatic N) is 1. The molecule has 0 bridgehead atoms. The van der Waals surface area contributed by atoms with Crippen LogP contribution in [-0.4, -0.2) is 77.8 Å². The molecule has 36 heavy (non-hydrogen) atoms. The molecule has 1 aliphatic heterocycles. The summed E-state index contributed by atoms with van der Waals surface area (Å²) in [6.07, 6.45) is 2.20. The zero-order valence-electron chi connectivity index (χ0n) is 21.9. The van der Waals surface area contributed by atoms with E-state index < -0.39 is 24.0 Å². The molecule has 1 saturated carbocycles. The first-order valence-corrected chi connectivity index (χ1v) is 13.6. The summed E-state index contributed by atoms with van der Waals surface area (Å²) in [5.74, 6) is 0.107. The number of hydrogen-bond donors (Lipinski definition) is 3. The molecule has 8 heteroatoms. The van der Waals surface area contributed by atoms with Crippen molar-refractivity contribution in [1.82, 2.24) is 4.90 Å². The Bertz CT molecular complexity index is 789. The lowest BCUT2D eigenvalue weighted by Crippen LogP contribution is -2.53. The van der Waals surface area contributed by atoms with E-state index in [1.807, 2.05) is 23.1 Å². The Labute approximate surface area is 215 Å². The summed E-state index contributed by atoms with van der Waals surface area (Å²) in [7, 11) is 1.65. The van der Waals surface area contributed by atoms with Crippen LogP contribution >= 0.6 is 0 Å². The number of benzene rings is 1. The number of carbonyl (C=O) groups excluding carboxylic acids is 1. The minimum Gasteiger partial charge on any atom is -0.487 e. The first-order chi connectivity index (χ1) is 17.3. The number of carbonyl (C=O) groups is 1. The second kappa shape index (κ2) is 13.7. The van der Waals surface area contributed by atoms with Crippen LogP contribution in [0.15, 0.2) is 30.3 Å². The maximum absolute atomic E-state index is 15.1. The van der Waals surface area contributed by atoms with Crippen LogP contribution in [0.4, 0.5) is 4.39 Å². The summed E-state index contributed by atoms with van der Waals surface area (Å²) in [6.45, 7) is 3.43. The van der Waals surface area contributed by atoms with E-state index in [9.17, 15) is 15.0 Å². The normalized spacial score (nSPS) is 27.9. The molecule has 0 aromatic heterocycles. The molecule has 1 saturated heterocycles. The van der Waals surface area contributed by atoms with Crippen LogP contribution in [0.2, 0.25) is 0 Å². The molecule has 3 rings (SSSR count). The number of halogens is 1. The molecule has 7 nitrogen and oxygen atoms in total. The Balaban J connectivity index is 1.76. The Kier molecular flexibility index (Phi) is 11.0. The summed E-state index contributed by atoms with van der Waals surface area (Å²) in [6, 6.07) is 8.80. The average molecular weight is 509 g/mol. The van der Waals surface area contributed by atoms with Crippen molar-refractivity contribution in [3.8, 4) is 5.75 Å². The van der Waals surface area contributed by atoms with Gasteiger partial charge in [0.2, 0.25) is 5.91 Å².